The fourth-order valence-electron chi connectivity index (χ4n) is 2.90. The van der Waals surface area contributed by atoms with Crippen LogP contribution < -0.4 is 10.2 Å². The molecule has 1 heterocycles. The van der Waals surface area contributed by atoms with Gasteiger partial charge >= 0.3 is 0 Å². The molecule has 0 fully saturated rings. The summed E-state index contributed by atoms with van der Waals surface area (Å²) in [5.74, 6) is 0.229. The minimum Gasteiger partial charge on any atom is -0.327 e. The summed E-state index contributed by atoms with van der Waals surface area (Å²) in [6.07, 6.45) is 1.38. The van der Waals surface area contributed by atoms with E-state index in [0.717, 1.165) is 11.3 Å². The third-order valence-corrected chi connectivity index (χ3v) is 4.32. The molecule has 3 aromatic rings. The van der Waals surface area contributed by atoms with Gasteiger partial charge < -0.3 is 10.2 Å². The Labute approximate surface area is 164 Å². The maximum absolute atomic E-state index is 12.6. The molecule has 6 nitrogen and oxygen atoms in total. The topological polar surface area (TPSA) is 75.2 Å². The van der Waals surface area contributed by atoms with E-state index in [0.29, 0.717) is 23.6 Å². The minimum absolute atomic E-state index is 0.0582. The largest absolute Gasteiger partial charge is 0.327 e. The van der Waals surface area contributed by atoms with Gasteiger partial charge in [-0.05, 0) is 50.6 Å². The number of aryl methyl sites for hydroxylation is 1. The number of hydrogen-bond donors (Lipinski definition) is 1. The van der Waals surface area contributed by atoms with E-state index < -0.39 is 0 Å². The lowest BCUT2D eigenvalue weighted by atomic mass is 10.1. The molecule has 0 aliphatic heterocycles. The van der Waals surface area contributed by atoms with Crippen molar-refractivity contribution < 1.29 is 9.59 Å². The monoisotopic (exact) mass is 374 g/mol. The van der Waals surface area contributed by atoms with Crippen molar-refractivity contribution in [1.29, 1.82) is 0 Å². The van der Waals surface area contributed by atoms with Crippen LogP contribution in [0.5, 0.6) is 0 Å². The summed E-state index contributed by atoms with van der Waals surface area (Å²) in [5.41, 5.74) is 3.49. The minimum atomic E-state index is -0.357. The third kappa shape index (κ3) is 4.40. The highest BCUT2D eigenvalue weighted by Gasteiger charge is 2.14. The Bertz CT molecular complexity index is 1020. The average molecular weight is 374 g/mol. The number of carbonyl (C=O) groups excluding carboxylic acids is 2. The summed E-state index contributed by atoms with van der Waals surface area (Å²) in [6, 6.07) is 16.6. The molecule has 0 unspecified atom stereocenters. The molecular weight excluding hydrogens is 352 g/mol. The molecule has 2 aromatic carbocycles. The van der Waals surface area contributed by atoms with Crippen LogP contribution in [0.2, 0.25) is 0 Å². The average Bonchev–Trinajstić information content (AvgIpc) is 2.69. The summed E-state index contributed by atoms with van der Waals surface area (Å²) in [7, 11) is 0. The van der Waals surface area contributed by atoms with Crippen LogP contribution in [-0.4, -0.2) is 28.2 Å². The van der Waals surface area contributed by atoms with Gasteiger partial charge in [0.2, 0.25) is 0 Å². The van der Waals surface area contributed by atoms with Crippen LogP contribution in [0.1, 0.15) is 40.3 Å². The fraction of sp³-hybridized carbons (Fsp3) is 0.182. The van der Waals surface area contributed by atoms with E-state index in [1.54, 1.807) is 30.3 Å². The second-order valence-electron chi connectivity index (χ2n) is 6.44. The molecule has 0 radical (unpaired) electrons. The maximum Gasteiger partial charge on any atom is 0.274 e. The summed E-state index contributed by atoms with van der Waals surface area (Å²) >= 11 is 0. The number of amides is 1. The number of rotatable bonds is 6. The van der Waals surface area contributed by atoms with Gasteiger partial charge in [-0.15, -0.1) is 0 Å². The van der Waals surface area contributed by atoms with Gasteiger partial charge in [0.25, 0.3) is 5.91 Å². The number of ketones is 1. The number of nitrogens with one attached hydrogen (secondary N) is 1. The lowest BCUT2D eigenvalue weighted by Crippen LogP contribution is -2.20. The van der Waals surface area contributed by atoms with Crippen LogP contribution in [0.3, 0.4) is 0 Å². The van der Waals surface area contributed by atoms with Crippen molar-refractivity contribution in [2.24, 2.45) is 0 Å². The van der Waals surface area contributed by atoms with Crippen molar-refractivity contribution in [3.05, 3.63) is 77.7 Å². The number of aromatic nitrogens is 2. The van der Waals surface area contributed by atoms with Crippen LogP contribution in [0.15, 0.2) is 60.9 Å². The van der Waals surface area contributed by atoms with Crippen LogP contribution in [0.4, 0.5) is 17.2 Å². The van der Waals surface area contributed by atoms with E-state index in [9.17, 15) is 9.59 Å². The first-order valence-corrected chi connectivity index (χ1v) is 9.06. The predicted octanol–water partition coefficient (Wildman–Crippen LogP) is 4.40. The van der Waals surface area contributed by atoms with E-state index in [1.807, 2.05) is 36.9 Å². The van der Waals surface area contributed by atoms with Crippen LogP contribution >= 0.6 is 0 Å². The zero-order valence-corrected chi connectivity index (χ0v) is 16.1. The Morgan fingerprint density at radius 3 is 2.54 bits per heavy atom. The second kappa shape index (κ2) is 8.43. The molecule has 3 rings (SSSR count). The Morgan fingerprint density at radius 1 is 1.04 bits per heavy atom. The van der Waals surface area contributed by atoms with Crippen molar-refractivity contribution in [3.63, 3.8) is 0 Å². The lowest BCUT2D eigenvalue weighted by molar-refractivity contribution is 0.100. The van der Waals surface area contributed by atoms with Gasteiger partial charge in [-0.2, -0.15) is 0 Å². The molecule has 142 valence electrons. The number of benzene rings is 2. The molecule has 0 aliphatic rings. The molecule has 1 N–H and O–H groups in total. The Morgan fingerprint density at radius 2 is 1.82 bits per heavy atom. The Hall–Kier alpha value is -3.54. The summed E-state index contributed by atoms with van der Waals surface area (Å²) in [6.45, 7) is 6.24. The van der Waals surface area contributed by atoms with Crippen molar-refractivity contribution in [2.45, 2.75) is 20.8 Å². The first kappa shape index (κ1) is 19.2. The smallest absolute Gasteiger partial charge is 0.274 e. The summed E-state index contributed by atoms with van der Waals surface area (Å²) < 4.78 is 0. The van der Waals surface area contributed by atoms with E-state index in [-0.39, 0.29) is 17.4 Å². The highest BCUT2D eigenvalue weighted by atomic mass is 16.2. The van der Waals surface area contributed by atoms with Crippen molar-refractivity contribution in [2.75, 3.05) is 16.8 Å². The molecule has 28 heavy (non-hydrogen) atoms. The molecule has 1 amide bonds. The van der Waals surface area contributed by atoms with E-state index in [4.69, 9.17) is 0 Å². The number of Topliss-reactive ketones (excluding diaryl/α,β-unsaturated/α-hetero) is 1. The second-order valence-corrected chi connectivity index (χ2v) is 6.44. The number of carbonyl (C=O) groups is 2. The maximum atomic E-state index is 12.6. The molecular formula is C22H22N4O2. The predicted molar refractivity (Wildman–Crippen MR) is 110 cm³/mol. The first-order chi connectivity index (χ1) is 13.5. The molecule has 0 spiro atoms. The van der Waals surface area contributed by atoms with Gasteiger partial charge in [0.15, 0.2) is 5.78 Å². The van der Waals surface area contributed by atoms with Gasteiger partial charge in [0.1, 0.15) is 17.8 Å². The van der Waals surface area contributed by atoms with Gasteiger partial charge in [-0.25, -0.2) is 9.97 Å². The van der Waals surface area contributed by atoms with Crippen molar-refractivity contribution >= 4 is 28.9 Å². The number of hydrogen-bond acceptors (Lipinski definition) is 5. The van der Waals surface area contributed by atoms with Gasteiger partial charge in [-0.1, -0.05) is 24.3 Å². The van der Waals surface area contributed by atoms with Crippen LogP contribution in [0.25, 0.3) is 0 Å². The van der Waals surface area contributed by atoms with Crippen LogP contribution in [0, 0.1) is 6.92 Å². The fourth-order valence-corrected chi connectivity index (χ4v) is 2.90. The summed E-state index contributed by atoms with van der Waals surface area (Å²) in [5, 5.41) is 2.79. The molecule has 6 heteroatoms. The molecule has 0 saturated heterocycles. The van der Waals surface area contributed by atoms with E-state index >= 15 is 0 Å². The van der Waals surface area contributed by atoms with E-state index in [2.05, 4.69) is 21.4 Å². The summed E-state index contributed by atoms with van der Waals surface area (Å²) in [4.78, 5) is 34.6. The van der Waals surface area contributed by atoms with E-state index in [1.165, 1.54) is 13.3 Å². The van der Waals surface area contributed by atoms with Crippen molar-refractivity contribution in [3.8, 4) is 0 Å². The Kier molecular flexibility index (Phi) is 5.79. The SMILES string of the molecule is CCN(c1cccc(C)c1)c1cc(C(=O)Nc2cccc(C(C)=O)c2)ncn1. The highest BCUT2D eigenvalue weighted by Crippen LogP contribution is 2.24. The van der Waals surface area contributed by atoms with Crippen molar-refractivity contribution in [1.82, 2.24) is 9.97 Å². The number of nitrogens with zero attached hydrogens (tertiary/aromatic N) is 3. The molecule has 1 aromatic heterocycles. The lowest BCUT2D eigenvalue weighted by Gasteiger charge is -2.22. The van der Waals surface area contributed by atoms with Gasteiger partial charge in [0, 0.05) is 29.5 Å². The molecule has 0 bridgehead atoms. The quantitative estimate of drug-likeness (QED) is 0.647. The normalized spacial score (nSPS) is 10.4. The molecule has 0 atom stereocenters. The molecule has 0 saturated carbocycles. The first-order valence-electron chi connectivity index (χ1n) is 9.06. The highest BCUT2D eigenvalue weighted by molar-refractivity contribution is 6.04. The van der Waals surface area contributed by atoms with Gasteiger partial charge in [-0.3, -0.25) is 9.59 Å². The zero-order chi connectivity index (χ0) is 20.1. The zero-order valence-electron chi connectivity index (χ0n) is 16.1. The number of anilines is 3. The van der Waals surface area contributed by atoms with Crippen LogP contribution in [-0.2, 0) is 0 Å². The van der Waals surface area contributed by atoms with Gasteiger partial charge in [0.05, 0.1) is 0 Å². The Balaban J connectivity index is 1.85. The third-order valence-electron chi connectivity index (χ3n) is 4.32. The standard InChI is InChI=1S/C22H22N4O2/c1-4-26(19-10-5-7-15(2)11-19)21-13-20(23-14-24-21)22(28)25-18-9-6-8-17(12-18)16(3)27/h5-14H,4H2,1-3H3,(H,25,28). The molecule has 0 aliphatic carbocycles.